The fraction of sp³-hybridized carbons (Fsp3) is 0.294. The number of hydrogen-bond donors (Lipinski definition) is 1. The molecule has 3 rings (SSSR count). The number of benzene rings is 1. The molecule has 4 heteroatoms. The molecule has 0 spiro atoms. The topological polar surface area (TPSA) is 17.0 Å². The van der Waals surface area contributed by atoms with E-state index in [1.165, 1.54) is 25.9 Å². The fourth-order valence-corrected chi connectivity index (χ4v) is 4.04. The molecule has 2 nitrogen and oxygen atoms in total. The normalized spacial score (nSPS) is 11.3. The molecule has 110 valence electrons. The zero-order valence-electron chi connectivity index (χ0n) is 12.1. The fourth-order valence-electron chi connectivity index (χ4n) is 2.58. The predicted octanol–water partition coefficient (Wildman–Crippen LogP) is 5.01. The van der Waals surface area contributed by atoms with Gasteiger partial charge in [-0.15, -0.1) is 11.3 Å². The van der Waals surface area contributed by atoms with Gasteiger partial charge in [0, 0.05) is 27.1 Å². The van der Waals surface area contributed by atoms with Crippen molar-refractivity contribution in [1.82, 2.24) is 9.88 Å². The number of para-hydroxylation sites is 1. The first kappa shape index (κ1) is 14.8. The largest absolute Gasteiger partial charge is 0.338 e. The standard InChI is InChI=1S/C17H19BrN2S/c1-2-8-19-11-14-10-13-5-3-4-6-16(13)20(14)12-17-15(18)7-9-21-17/h3-7,9-10,19H,2,8,11-12H2,1H3. The van der Waals surface area contributed by atoms with Crippen LogP contribution in [0.3, 0.4) is 0 Å². The number of rotatable bonds is 6. The number of aromatic nitrogens is 1. The molecule has 1 N–H and O–H groups in total. The molecule has 0 fully saturated rings. The number of thiophene rings is 1. The van der Waals surface area contributed by atoms with Crippen LogP contribution >= 0.6 is 27.3 Å². The van der Waals surface area contributed by atoms with Crippen molar-refractivity contribution in [3.63, 3.8) is 0 Å². The molecule has 0 atom stereocenters. The summed E-state index contributed by atoms with van der Waals surface area (Å²) < 4.78 is 3.63. The Kier molecular flexibility index (Phi) is 4.78. The monoisotopic (exact) mass is 362 g/mol. The van der Waals surface area contributed by atoms with Crippen LogP contribution in [0.2, 0.25) is 0 Å². The van der Waals surface area contributed by atoms with E-state index in [0.717, 1.165) is 26.1 Å². The highest BCUT2D eigenvalue weighted by molar-refractivity contribution is 9.10. The molecule has 0 unspecified atom stereocenters. The lowest BCUT2D eigenvalue weighted by molar-refractivity contribution is 0.637. The van der Waals surface area contributed by atoms with Crippen LogP contribution in [-0.4, -0.2) is 11.1 Å². The lowest BCUT2D eigenvalue weighted by Gasteiger charge is -2.11. The van der Waals surface area contributed by atoms with E-state index in [9.17, 15) is 0 Å². The van der Waals surface area contributed by atoms with Crippen molar-refractivity contribution in [3.05, 3.63) is 56.8 Å². The van der Waals surface area contributed by atoms with Gasteiger partial charge in [0.2, 0.25) is 0 Å². The minimum Gasteiger partial charge on any atom is -0.338 e. The van der Waals surface area contributed by atoms with Crippen molar-refractivity contribution in [1.29, 1.82) is 0 Å². The van der Waals surface area contributed by atoms with Gasteiger partial charge in [-0.1, -0.05) is 25.1 Å². The summed E-state index contributed by atoms with van der Waals surface area (Å²) in [4.78, 5) is 1.37. The molecule has 0 saturated carbocycles. The number of hydrogen-bond acceptors (Lipinski definition) is 2. The van der Waals surface area contributed by atoms with E-state index in [-0.39, 0.29) is 0 Å². The second-order valence-corrected chi connectivity index (χ2v) is 7.00. The Hall–Kier alpha value is -1.10. The molecule has 0 aliphatic carbocycles. The summed E-state index contributed by atoms with van der Waals surface area (Å²) in [6, 6.07) is 13.1. The van der Waals surface area contributed by atoms with Crippen LogP contribution in [0.1, 0.15) is 23.9 Å². The van der Waals surface area contributed by atoms with Gasteiger partial charge in [0.15, 0.2) is 0 Å². The summed E-state index contributed by atoms with van der Waals surface area (Å²) >= 11 is 5.45. The Bertz CT molecular complexity index is 729. The zero-order valence-corrected chi connectivity index (χ0v) is 14.5. The van der Waals surface area contributed by atoms with Gasteiger partial charge < -0.3 is 9.88 Å². The van der Waals surface area contributed by atoms with Gasteiger partial charge in [0.1, 0.15) is 0 Å². The molecule has 0 saturated heterocycles. The van der Waals surface area contributed by atoms with E-state index in [0.29, 0.717) is 0 Å². The molecule has 0 radical (unpaired) electrons. The second kappa shape index (κ2) is 6.77. The average molecular weight is 363 g/mol. The molecule has 21 heavy (non-hydrogen) atoms. The Labute approximate surface area is 137 Å². The van der Waals surface area contributed by atoms with Gasteiger partial charge in [-0.25, -0.2) is 0 Å². The second-order valence-electron chi connectivity index (χ2n) is 5.15. The first-order chi connectivity index (χ1) is 10.3. The Balaban J connectivity index is 1.96. The Morgan fingerprint density at radius 3 is 2.86 bits per heavy atom. The van der Waals surface area contributed by atoms with Crippen LogP contribution in [0, 0.1) is 0 Å². The van der Waals surface area contributed by atoms with E-state index >= 15 is 0 Å². The van der Waals surface area contributed by atoms with Gasteiger partial charge in [0.25, 0.3) is 0 Å². The lowest BCUT2D eigenvalue weighted by Crippen LogP contribution is -2.17. The van der Waals surface area contributed by atoms with Crippen LogP contribution in [0.15, 0.2) is 46.3 Å². The van der Waals surface area contributed by atoms with Gasteiger partial charge in [-0.3, -0.25) is 0 Å². The molecular weight excluding hydrogens is 344 g/mol. The highest BCUT2D eigenvalue weighted by Crippen LogP contribution is 2.27. The molecule has 2 aromatic heterocycles. The van der Waals surface area contributed by atoms with Crippen LogP contribution in [0.25, 0.3) is 10.9 Å². The maximum atomic E-state index is 3.65. The summed E-state index contributed by atoms with van der Waals surface area (Å²) in [6.45, 7) is 5.11. The predicted molar refractivity (Wildman–Crippen MR) is 95.1 cm³/mol. The van der Waals surface area contributed by atoms with E-state index in [2.05, 4.69) is 74.5 Å². The first-order valence-electron chi connectivity index (χ1n) is 7.29. The van der Waals surface area contributed by atoms with E-state index in [1.807, 2.05) is 0 Å². The molecular formula is C17H19BrN2S. The molecule has 2 heterocycles. The van der Waals surface area contributed by atoms with Crippen molar-refractivity contribution >= 4 is 38.2 Å². The molecule has 0 bridgehead atoms. The quantitative estimate of drug-likeness (QED) is 0.609. The van der Waals surface area contributed by atoms with Crippen LogP contribution in [0.4, 0.5) is 0 Å². The summed E-state index contributed by atoms with van der Waals surface area (Å²) in [5.74, 6) is 0. The summed E-state index contributed by atoms with van der Waals surface area (Å²) in [7, 11) is 0. The summed E-state index contributed by atoms with van der Waals surface area (Å²) in [6.07, 6.45) is 1.16. The Morgan fingerprint density at radius 1 is 1.24 bits per heavy atom. The smallest absolute Gasteiger partial charge is 0.0584 e. The van der Waals surface area contributed by atoms with Gasteiger partial charge in [0.05, 0.1) is 6.54 Å². The van der Waals surface area contributed by atoms with Crippen molar-refractivity contribution in [2.75, 3.05) is 6.54 Å². The Morgan fingerprint density at radius 2 is 2.10 bits per heavy atom. The number of halogens is 1. The van der Waals surface area contributed by atoms with E-state index in [1.54, 1.807) is 11.3 Å². The SMILES string of the molecule is CCCNCc1cc2ccccc2n1Cc1sccc1Br. The van der Waals surface area contributed by atoms with Gasteiger partial charge in [-0.2, -0.15) is 0 Å². The number of nitrogens with zero attached hydrogens (tertiary/aromatic N) is 1. The van der Waals surface area contributed by atoms with Gasteiger partial charge in [-0.05, 0) is 57.9 Å². The minimum absolute atomic E-state index is 0.922. The van der Waals surface area contributed by atoms with Crippen molar-refractivity contribution < 1.29 is 0 Å². The van der Waals surface area contributed by atoms with Crippen molar-refractivity contribution in [2.45, 2.75) is 26.4 Å². The summed E-state index contributed by atoms with van der Waals surface area (Å²) in [5.41, 5.74) is 2.66. The third-order valence-electron chi connectivity index (χ3n) is 3.62. The minimum atomic E-state index is 0.922. The number of fused-ring (bicyclic) bond motifs is 1. The first-order valence-corrected chi connectivity index (χ1v) is 8.96. The molecule has 0 amide bonds. The van der Waals surface area contributed by atoms with Crippen LogP contribution in [0.5, 0.6) is 0 Å². The third kappa shape index (κ3) is 3.23. The highest BCUT2D eigenvalue weighted by Gasteiger charge is 2.10. The summed E-state index contributed by atoms with van der Waals surface area (Å²) in [5, 5.41) is 6.97. The molecule has 0 aliphatic heterocycles. The van der Waals surface area contributed by atoms with Crippen LogP contribution < -0.4 is 5.32 Å². The highest BCUT2D eigenvalue weighted by atomic mass is 79.9. The molecule has 0 aliphatic rings. The maximum absolute atomic E-state index is 3.65. The van der Waals surface area contributed by atoms with E-state index < -0.39 is 0 Å². The van der Waals surface area contributed by atoms with Crippen molar-refractivity contribution in [2.24, 2.45) is 0 Å². The van der Waals surface area contributed by atoms with Crippen molar-refractivity contribution in [3.8, 4) is 0 Å². The molecule has 1 aromatic carbocycles. The third-order valence-corrected chi connectivity index (χ3v) is 5.53. The lowest BCUT2D eigenvalue weighted by atomic mass is 10.2. The maximum Gasteiger partial charge on any atom is 0.0584 e. The number of nitrogens with one attached hydrogen (secondary N) is 1. The van der Waals surface area contributed by atoms with Crippen LogP contribution in [-0.2, 0) is 13.1 Å². The van der Waals surface area contributed by atoms with E-state index in [4.69, 9.17) is 0 Å². The van der Waals surface area contributed by atoms with Gasteiger partial charge >= 0.3 is 0 Å². The molecule has 3 aromatic rings. The zero-order chi connectivity index (χ0) is 14.7. The average Bonchev–Trinajstić information content (AvgIpc) is 3.05.